The van der Waals surface area contributed by atoms with Crippen molar-refractivity contribution in [1.82, 2.24) is 14.9 Å². The number of anilines is 3. The summed E-state index contributed by atoms with van der Waals surface area (Å²) in [7, 11) is 5.79. The van der Waals surface area contributed by atoms with Crippen LogP contribution in [-0.4, -0.2) is 48.5 Å². The van der Waals surface area contributed by atoms with Gasteiger partial charge in [0.2, 0.25) is 5.95 Å². The van der Waals surface area contributed by atoms with E-state index in [1.54, 1.807) is 24.2 Å². The third kappa shape index (κ3) is 4.68. The Morgan fingerprint density at radius 1 is 1.12 bits per heavy atom. The minimum atomic E-state index is -0.0862. The van der Waals surface area contributed by atoms with E-state index in [1.807, 2.05) is 43.3 Å². The van der Waals surface area contributed by atoms with Crippen molar-refractivity contribution in [1.29, 1.82) is 0 Å². The molecule has 128 valence electrons. The number of unbranched alkanes of at least 4 members (excludes halogenated alkanes) is 1. The van der Waals surface area contributed by atoms with E-state index < -0.39 is 0 Å². The van der Waals surface area contributed by atoms with E-state index in [9.17, 15) is 4.79 Å². The van der Waals surface area contributed by atoms with E-state index in [4.69, 9.17) is 0 Å². The topological polar surface area (TPSA) is 61.4 Å². The van der Waals surface area contributed by atoms with Crippen molar-refractivity contribution < 1.29 is 4.79 Å². The molecule has 6 nitrogen and oxygen atoms in total. The molecule has 0 aliphatic carbocycles. The predicted octanol–water partition coefficient (Wildman–Crippen LogP) is 3.16. The Morgan fingerprint density at radius 2 is 1.83 bits per heavy atom. The lowest BCUT2D eigenvalue weighted by Crippen LogP contribution is -2.28. The van der Waals surface area contributed by atoms with E-state index in [0.717, 1.165) is 30.8 Å². The highest BCUT2D eigenvalue weighted by atomic mass is 16.2. The molecule has 1 N–H and O–H groups in total. The average molecular weight is 327 g/mol. The van der Waals surface area contributed by atoms with Crippen molar-refractivity contribution in [2.24, 2.45) is 0 Å². The Labute approximate surface area is 143 Å². The number of benzene rings is 1. The lowest BCUT2D eigenvalue weighted by Gasteiger charge is -2.16. The van der Waals surface area contributed by atoms with Gasteiger partial charge in [0.05, 0.1) is 0 Å². The summed E-state index contributed by atoms with van der Waals surface area (Å²) in [6.07, 6.45) is 3.64. The Bertz CT molecular complexity index is 669. The van der Waals surface area contributed by atoms with Crippen molar-refractivity contribution in [2.75, 3.05) is 37.9 Å². The lowest BCUT2D eigenvalue weighted by molar-refractivity contribution is 0.0787. The quantitative estimate of drug-likeness (QED) is 0.846. The van der Waals surface area contributed by atoms with Crippen molar-refractivity contribution in [3.05, 3.63) is 42.2 Å². The van der Waals surface area contributed by atoms with Crippen molar-refractivity contribution in [3.63, 3.8) is 0 Å². The van der Waals surface area contributed by atoms with Crippen LogP contribution < -0.4 is 10.2 Å². The van der Waals surface area contributed by atoms with Crippen LogP contribution in [0.25, 0.3) is 0 Å². The molecule has 2 aromatic rings. The van der Waals surface area contributed by atoms with Gasteiger partial charge in [-0.3, -0.25) is 4.79 Å². The normalized spacial score (nSPS) is 10.3. The van der Waals surface area contributed by atoms with Crippen LogP contribution in [0.4, 0.5) is 17.3 Å². The fraction of sp³-hybridized carbons (Fsp3) is 0.389. The summed E-state index contributed by atoms with van der Waals surface area (Å²) in [5, 5.41) is 3.14. The molecule has 24 heavy (non-hydrogen) atoms. The minimum absolute atomic E-state index is 0.0862. The molecule has 1 aromatic carbocycles. The van der Waals surface area contributed by atoms with Crippen LogP contribution in [0.3, 0.4) is 0 Å². The third-order valence-corrected chi connectivity index (χ3v) is 3.71. The molecule has 1 aromatic heterocycles. The zero-order valence-electron chi connectivity index (χ0n) is 14.8. The van der Waals surface area contributed by atoms with Crippen LogP contribution >= 0.6 is 0 Å². The van der Waals surface area contributed by atoms with Crippen LogP contribution in [-0.2, 0) is 0 Å². The number of hydrogen-bond donors (Lipinski definition) is 1. The smallest absolute Gasteiger partial charge is 0.272 e. The number of nitrogens with one attached hydrogen (secondary N) is 1. The molecule has 0 spiro atoms. The van der Waals surface area contributed by atoms with Gasteiger partial charge in [-0.25, -0.2) is 9.97 Å². The number of aromatic nitrogens is 2. The molecule has 0 saturated carbocycles. The van der Waals surface area contributed by atoms with Crippen molar-refractivity contribution in [3.8, 4) is 0 Å². The number of hydrogen-bond acceptors (Lipinski definition) is 5. The molecule has 0 unspecified atom stereocenters. The monoisotopic (exact) mass is 327 g/mol. The first-order valence-electron chi connectivity index (χ1n) is 8.14. The Kier molecular flexibility index (Phi) is 6.12. The highest BCUT2D eigenvalue weighted by Gasteiger charge is 2.13. The van der Waals surface area contributed by atoms with Crippen LogP contribution in [0.15, 0.2) is 36.5 Å². The van der Waals surface area contributed by atoms with E-state index >= 15 is 0 Å². The van der Waals surface area contributed by atoms with Gasteiger partial charge >= 0.3 is 0 Å². The molecular formula is C18H25N5O. The van der Waals surface area contributed by atoms with Gasteiger partial charge in [-0.1, -0.05) is 13.3 Å². The summed E-state index contributed by atoms with van der Waals surface area (Å²) in [4.78, 5) is 24.6. The van der Waals surface area contributed by atoms with Crippen molar-refractivity contribution in [2.45, 2.75) is 19.8 Å². The number of carbonyl (C=O) groups excluding carboxylic acids is 1. The molecule has 0 aliphatic heterocycles. The number of rotatable bonds is 7. The number of carbonyl (C=O) groups is 1. The Balaban J connectivity index is 2.08. The maximum Gasteiger partial charge on any atom is 0.272 e. The fourth-order valence-corrected chi connectivity index (χ4v) is 2.20. The zero-order chi connectivity index (χ0) is 17.5. The third-order valence-electron chi connectivity index (χ3n) is 3.71. The second-order valence-electron chi connectivity index (χ2n) is 5.91. The summed E-state index contributed by atoms with van der Waals surface area (Å²) in [5.41, 5.74) is 2.39. The van der Waals surface area contributed by atoms with E-state index in [-0.39, 0.29) is 5.91 Å². The standard InChI is InChI=1S/C18H25N5O/c1-5-6-13-23(4)17(24)16-11-12-19-18(21-16)20-14-7-9-15(10-8-14)22(2)3/h7-12H,5-6,13H2,1-4H3,(H,19,20,21). The first-order valence-corrected chi connectivity index (χ1v) is 8.14. The molecule has 0 atom stereocenters. The molecular weight excluding hydrogens is 302 g/mol. The fourth-order valence-electron chi connectivity index (χ4n) is 2.20. The minimum Gasteiger partial charge on any atom is -0.378 e. The van der Waals surface area contributed by atoms with Gasteiger partial charge in [0.25, 0.3) is 5.91 Å². The van der Waals surface area contributed by atoms with Gasteiger partial charge in [-0.15, -0.1) is 0 Å². The predicted molar refractivity (Wildman–Crippen MR) is 98.0 cm³/mol. The molecule has 0 aliphatic rings. The van der Waals surface area contributed by atoms with E-state index in [0.29, 0.717) is 11.6 Å². The molecule has 1 heterocycles. The molecule has 1 amide bonds. The number of amides is 1. The zero-order valence-corrected chi connectivity index (χ0v) is 14.8. The van der Waals surface area contributed by atoms with Crippen LogP contribution in [0.1, 0.15) is 30.3 Å². The molecule has 0 fully saturated rings. The van der Waals surface area contributed by atoms with Crippen molar-refractivity contribution >= 4 is 23.2 Å². The van der Waals surface area contributed by atoms with Gasteiger partial charge < -0.3 is 15.1 Å². The first-order chi connectivity index (χ1) is 11.5. The van der Waals surface area contributed by atoms with Crippen LogP contribution in [0, 0.1) is 0 Å². The summed E-state index contributed by atoms with van der Waals surface area (Å²) in [6, 6.07) is 9.58. The van der Waals surface area contributed by atoms with Gasteiger partial charge in [0, 0.05) is 45.3 Å². The summed E-state index contributed by atoms with van der Waals surface area (Å²) < 4.78 is 0. The second-order valence-corrected chi connectivity index (χ2v) is 5.91. The van der Waals surface area contributed by atoms with Gasteiger partial charge in [-0.2, -0.15) is 0 Å². The SMILES string of the molecule is CCCCN(C)C(=O)c1ccnc(Nc2ccc(N(C)C)cc2)n1. The maximum atomic E-state index is 12.4. The highest BCUT2D eigenvalue weighted by molar-refractivity contribution is 5.92. The molecule has 6 heteroatoms. The first kappa shape index (κ1) is 17.7. The molecule has 2 rings (SSSR count). The average Bonchev–Trinajstić information content (AvgIpc) is 2.59. The van der Waals surface area contributed by atoms with Crippen LogP contribution in [0.5, 0.6) is 0 Å². The second kappa shape index (κ2) is 8.29. The largest absolute Gasteiger partial charge is 0.378 e. The molecule has 0 bridgehead atoms. The van der Waals surface area contributed by atoms with Gasteiger partial charge in [-0.05, 0) is 36.8 Å². The van der Waals surface area contributed by atoms with E-state index in [2.05, 4.69) is 22.2 Å². The van der Waals surface area contributed by atoms with Gasteiger partial charge in [0.15, 0.2) is 0 Å². The maximum absolute atomic E-state index is 12.4. The van der Waals surface area contributed by atoms with E-state index in [1.165, 1.54) is 0 Å². The van der Waals surface area contributed by atoms with Crippen LogP contribution in [0.2, 0.25) is 0 Å². The number of nitrogens with zero attached hydrogens (tertiary/aromatic N) is 4. The summed E-state index contributed by atoms with van der Waals surface area (Å²) in [6.45, 7) is 2.83. The highest BCUT2D eigenvalue weighted by Crippen LogP contribution is 2.18. The Morgan fingerprint density at radius 3 is 2.46 bits per heavy atom. The lowest BCUT2D eigenvalue weighted by atomic mass is 10.2. The van der Waals surface area contributed by atoms with Gasteiger partial charge in [0.1, 0.15) is 5.69 Å². The summed E-state index contributed by atoms with van der Waals surface area (Å²) in [5.74, 6) is 0.333. The molecule has 0 radical (unpaired) electrons. The summed E-state index contributed by atoms with van der Waals surface area (Å²) >= 11 is 0. The molecule has 0 saturated heterocycles. The Hall–Kier alpha value is -2.63.